The van der Waals surface area contributed by atoms with Gasteiger partial charge in [0.2, 0.25) is 11.7 Å². The number of nitrogens with one attached hydrogen (secondary N) is 1. The molecular formula is C12H13N3O2. The van der Waals surface area contributed by atoms with E-state index in [1.54, 1.807) is 25.1 Å². The third kappa shape index (κ3) is 2.50. The van der Waals surface area contributed by atoms with Gasteiger partial charge in [-0.1, -0.05) is 17.3 Å². The van der Waals surface area contributed by atoms with Crippen LogP contribution in [0.2, 0.25) is 0 Å². The third-order valence-electron chi connectivity index (χ3n) is 2.25. The number of hydrogen-bond donors (Lipinski definition) is 1. The summed E-state index contributed by atoms with van der Waals surface area (Å²) in [6, 6.07) is 7.13. The molecule has 5 heteroatoms. The van der Waals surface area contributed by atoms with Crippen LogP contribution in [0.5, 0.6) is 0 Å². The average Bonchev–Trinajstić information content (AvgIpc) is 2.76. The molecule has 0 saturated heterocycles. The van der Waals surface area contributed by atoms with Crippen LogP contribution in [-0.2, 0) is 0 Å². The van der Waals surface area contributed by atoms with Crippen molar-refractivity contribution in [1.29, 1.82) is 0 Å². The van der Waals surface area contributed by atoms with E-state index < -0.39 is 0 Å². The molecule has 0 aliphatic rings. The molecule has 1 heterocycles. The van der Waals surface area contributed by atoms with Gasteiger partial charge in [0.15, 0.2) is 0 Å². The monoisotopic (exact) mass is 231 g/mol. The Morgan fingerprint density at radius 3 is 2.94 bits per heavy atom. The number of aromatic nitrogens is 2. The van der Waals surface area contributed by atoms with Crippen molar-refractivity contribution >= 4 is 5.91 Å². The summed E-state index contributed by atoms with van der Waals surface area (Å²) in [6.07, 6.45) is 0. The smallest absolute Gasteiger partial charge is 0.251 e. The fourth-order valence-corrected chi connectivity index (χ4v) is 1.48. The lowest BCUT2D eigenvalue weighted by Crippen LogP contribution is -2.22. The van der Waals surface area contributed by atoms with Crippen LogP contribution < -0.4 is 5.32 Å². The second-order valence-corrected chi connectivity index (χ2v) is 3.58. The van der Waals surface area contributed by atoms with Gasteiger partial charge in [0.25, 0.3) is 5.91 Å². The molecular weight excluding hydrogens is 218 g/mol. The maximum atomic E-state index is 11.7. The molecule has 2 rings (SSSR count). The molecule has 2 aromatic rings. The van der Waals surface area contributed by atoms with Crippen molar-refractivity contribution in [3.63, 3.8) is 0 Å². The number of rotatable bonds is 3. The van der Waals surface area contributed by atoms with Gasteiger partial charge in [0.05, 0.1) is 0 Å². The Morgan fingerprint density at radius 1 is 1.47 bits per heavy atom. The molecule has 17 heavy (non-hydrogen) atoms. The fraction of sp³-hybridized carbons (Fsp3) is 0.250. The maximum Gasteiger partial charge on any atom is 0.251 e. The van der Waals surface area contributed by atoms with Crippen LogP contribution >= 0.6 is 0 Å². The fourth-order valence-electron chi connectivity index (χ4n) is 1.48. The van der Waals surface area contributed by atoms with Crippen molar-refractivity contribution in [3.8, 4) is 11.4 Å². The first-order valence-electron chi connectivity index (χ1n) is 5.39. The summed E-state index contributed by atoms with van der Waals surface area (Å²) >= 11 is 0. The van der Waals surface area contributed by atoms with Crippen LogP contribution in [0.3, 0.4) is 0 Å². The summed E-state index contributed by atoms with van der Waals surface area (Å²) in [5, 5.41) is 6.56. The molecule has 0 aliphatic heterocycles. The molecule has 0 unspecified atom stereocenters. The van der Waals surface area contributed by atoms with E-state index in [-0.39, 0.29) is 5.91 Å². The maximum absolute atomic E-state index is 11.7. The Balaban J connectivity index is 2.31. The lowest BCUT2D eigenvalue weighted by Gasteiger charge is -2.02. The molecule has 0 saturated carbocycles. The number of amides is 1. The van der Waals surface area contributed by atoms with Crippen LogP contribution in [0.15, 0.2) is 28.8 Å². The summed E-state index contributed by atoms with van der Waals surface area (Å²) in [4.78, 5) is 15.8. The molecule has 1 amide bonds. The Morgan fingerprint density at radius 2 is 2.29 bits per heavy atom. The van der Waals surface area contributed by atoms with E-state index in [0.717, 1.165) is 5.56 Å². The van der Waals surface area contributed by atoms with Crippen molar-refractivity contribution in [2.45, 2.75) is 13.8 Å². The van der Waals surface area contributed by atoms with Crippen molar-refractivity contribution < 1.29 is 9.32 Å². The Labute approximate surface area is 98.8 Å². The van der Waals surface area contributed by atoms with Crippen LogP contribution in [0.1, 0.15) is 23.2 Å². The topological polar surface area (TPSA) is 68.0 Å². The van der Waals surface area contributed by atoms with Crippen molar-refractivity contribution in [3.05, 3.63) is 35.7 Å². The lowest BCUT2D eigenvalue weighted by atomic mass is 10.1. The minimum Gasteiger partial charge on any atom is -0.352 e. The second-order valence-electron chi connectivity index (χ2n) is 3.58. The Bertz CT molecular complexity index is 534. The van der Waals surface area contributed by atoms with Gasteiger partial charge in [-0.3, -0.25) is 4.79 Å². The van der Waals surface area contributed by atoms with Gasteiger partial charge in [-0.05, 0) is 19.1 Å². The van der Waals surface area contributed by atoms with Gasteiger partial charge in [0.1, 0.15) is 0 Å². The summed E-state index contributed by atoms with van der Waals surface area (Å²) in [7, 11) is 0. The zero-order valence-corrected chi connectivity index (χ0v) is 9.73. The average molecular weight is 231 g/mol. The van der Waals surface area contributed by atoms with Crippen molar-refractivity contribution in [2.75, 3.05) is 6.54 Å². The zero-order valence-electron chi connectivity index (χ0n) is 9.73. The van der Waals surface area contributed by atoms with E-state index in [9.17, 15) is 4.79 Å². The van der Waals surface area contributed by atoms with E-state index in [2.05, 4.69) is 15.5 Å². The first-order chi connectivity index (χ1) is 8.20. The third-order valence-corrected chi connectivity index (χ3v) is 2.25. The molecule has 0 radical (unpaired) electrons. The van der Waals surface area contributed by atoms with E-state index in [1.807, 2.05) is 13.0 Å². The van der Waals surface area contributed by atoms with Gasteiger partial charge < -0.3 is 9.84 Å². The number of hydrogen-bond acceptors (Lipinski definition) is 4. The number of carbonyl (C=O) groups is 1. The quantitative estimate of drug-likeness (QED) is 0.874. The largest absolute Gasteiger partial charge is 0.352 e. The van der Waals surface area contributed by atoms with Crippen LogP contribution in [0.25, 0.3) is 11.4 Å². The molecule has 0 aliphatic carbocycles. The van der Waals surface area contributed by atoms with E-state index in [0.29, 0.717) is 23.8 Å². The highest BCUT2D eigenvalue weighted by atomic mass is 16.5. The standard InChI is InChI=1S/C12H13N3O2/c1-3-13-12(16)10-6-4-5-9(7-10)11-14-8(2)17-15-11/h4-7H,3H2,1-2H3,(H,13,16). The second kappa shape index (κ2) is 4.78. The van der Waals surface area contributed by atoms with Crippen molar-refractivity contribution in [1.82, 2.24) is 15.5 Å². The van der Waals surface area contributed by atoms with Gasteiger partial charge in [-0.25, -0.2) is 0 Å². The molecule has 1 N–H and O–H groups in total. The van der Waals surface area contributed by atoms with E-state index >= 15 is 0 Å². The molecule has 0 atom stereocenters. The molecule has 88 valence electrons. The molecule has 0 bridgehead atoms. The molecule has 0 spiro atoms. The summed E-state index contributed by atoms with van der Waals surface area (Å²) in [6.45, 7) is 4.21. The van der Waals surface area contributed by atoms with Crippen LogP contribution in [0, 0.1) is 6.92 Å². The highest BCUT2D eigenvalue weighted by Gasteiger charge is 2.09. The van der Waals surface area contributed by atoms with Gasteiger partial charge in [-0.2, -0.15) is 4.98 Å². The van der Waals surface area contributed by atoms with E-state index in [1.165, 1.54) is 0 Å². The normalized spacial score (nSPS) is 10.2. The number of carbonyl (C=O) groups excluding carboxylic acids is 1. The molecule has 5 nitrogen and oxygen atoms in total. The van der Waals surface area contributed by atoms with Gasteiger partial charge >= 0.3 is 0 Å². The SMILES string of the molecule is CCNC(=O)c1cccc(-c2noc(C)n2)c1. The summed E-state index contributed by atoms with van der Waals surface area (Å²) in [5.41, 5.74) is 1.36. The molecule has 1 aromatic heterocycles. The molecule has 0 fully saturated rings. The lowest BCUT2D eigenvalue weighted by molar-refractivity contribution is 0.0956. The minimum absolute atomic E-state index is 0.102. The van der Waals surface area contributed by atoms with Crippen LogP contribution in [0.4, 0.5) is 0 Å². The predicted molar refractivity (Wildman–Crippen MR) is 62.5 cm³/mol. The zero-order chi connectivity index (χ0) is 12.3. The first-order valence-corrected chi connectivity index (χ1v) is 5.39. The van der Waals surface area contributed by atoms with Crippen molar-refractivity contribution in [2.24, 2.45) is 0 Å². The first kappa shape index (κ1) is 11.3. The number of benzene rings is 1. The summed E-state index contributed by atoms with van der Waals surface area (Å²) in [5.74, 6) is 0.895. The predicted octanol–water partition coefficient (Wildman–Crippen LogP) is 1.79. The van der Waals surface area contributed by atoms with Gasteiger partial charge in [0, 0.05) is 24.6 Å². The number of nitrogens with zero attached hydrogens (tertiary/aromatic N) is 2. The Kier molecular flexibility index (Phi) is 3.18. The Hall–Kier alpha value is -2.17. The minimum atomic E-state index is -0.102. The highest BCUT2D eigenvalue weighted by molar-refractivity contribution is 5.95. The van der Waals surface area contributed by atoms with Gasteiger partial charge in [-0.15, -0.1) is 0 Å². The molecule has 1 aromatic carbocycles. The summed E-state index contributed by atoms with van der Waals surface area (Å²) < 4.78 is 4.91. The highest BCUT2D eigenvalue weighted by Crippen LogP contribution is 2.17. The van der Waals surface area contributed by atoms with E-state index in [4.69, 9.17) is 4.52 Å². The van der Waals surface area contributed by atoms with Crippen LogP contribution in [-0.4, -0.2) is 22.6 Å². The number of aryl methyl sites for hydroxylation is 1.